The molecule has 1 aliphatic heterocycles. The Labute approximate surface area is 86.2 Å². The molecule has 76 valence electrons. The molecule has 2 bridgehead atoms. The lowest BCUT2D eigenvalue weighted by Gasteiger charge is -2.94. The molecule has 7 fully saturated rings. The zero-order valence-electron chi connectivity index (χ0n) is 8.00. The second-order valence-electron chi connectivity index (χ2n) is 6.41. The average molecular weight is 202 g/mol. The number of carbonyl (C=O) groups excluding carboxylic acids is 2. The van der Waals surface area contributed by atoms with Crippen LogP contribution in [0.5, 0.6) is 0 Å². The van der Waals surface area contributed by atoms with Gasteiger partial charge in [0.15, 0.2) is 0 Å². The first-order valence-electron chi connectivity index (χ1n) is 6.06. The zero-order chi connectivity index (χ0) is 9.64. The minimum absolute atomic E-state index is 0.0116. The molecule has 0 N–H and O–H groups in total. The van der Waals surface area contributed by atoms with Crippen molar-refractivity contribution in [2.24, 2.45) is 59.2 Å². The molecule has 1 saturated heterocycles. The molecule has 3 nitrogen and oxygen atoms in total. The maximum Gasteiger partial charge on any atom is 0.317 e. The summed E-state index contributed by atoms with van der Waals surface area (Å²) < 4.78 is 4.86. The maximum absolute atomic E-state index is 11.7. The number of hydrogen-bond acceptors (Lipinski definition) is 3. The second kappa shape index (κ2) is 1.48. The fourth-order valence-corrected chi connectivity index (χ4v) is 6.83. The number of esters is 2. The Kier molecular flexibility index (Phi) is 0.659. The molecule has 0 aromatic rings. The fourth-order valence-electron chi connectivity index (χ4n) is 6.83. The van der Waals surface area contributed by atoms with E-state index in [4.69, 9.17) is 4.74 Å². The van der Waals surface area contributed by atoms with Crippen molar-refractivity contribution in [2.45, 2.75) is 0 Å². The quantitative estimate of drug-likeness (QED) is 0.419. The third-order valence-corrected chi connectivity index (χ3v) is 6.85. The van der Waals surface area contributed by atoms with E-state index in [0.29, 0.717) is 11.8 Å². The van der Waals surface area contributed by atoms with E-state index < -0.39 is 0 Å². The Morgan fingerprint density at radius 3 is 1.33 bits per heavy atom. The molecule has 1 heterocycles. The van der Waals surface area contributed by atoms with Crippen LogP contribution in [0.2, 0.25) is 0 Å². The van der Waals surface area contributed by atoms with Gasteiger partial charge in [-0.15, -0.1) is 0 Å². The number of ether oxygens (including phenoxy) is 1. The number of hydrogen-bond donors (Lipinski definition) is 0. The van der Waals surface area contributed by atoms with Gasteiger partial charge in [-0.3, -0.25) is 9.59 Å². The van der Waals surface area contributed by atoms with Crippen LogP contribution < -0.4 is 0 Å². The van der Waals surface area contributed by atoms with Crippen molar-refractivity contribution in [3.05, 3.63) is 0 Å². The molecule has 7 aliphatic rings. The number of carbonyl (C=O) groups is 2. The lowest BCUT2D eigenvalue weighted by molar-refractivity contribution is -0.475. The van der Waals surface area contributed by atoms with Crippen molar-refractivity contribution in [2.75, 3.05) is 0 Å². The third kappa shape index (κ3) is 0.362. The van der Waals surface area contributed by atoms with Crippen molar-refractivity contribution in [1.29, 1.82) is 0 Å². The van der Waals surface area contributed by atoms with Crippen LogP contribution in [0, 0.1) is 59.2 Å². The topological polar surface area (TPSA) is 43.4 Å². The molecule has 0 radical (unpaired) electrons. The standard InChI is InChI=1S/C12H10O3/c13-11-9-7-3-1-2-5(3)8(6(2)4(1)7)10(9)12(14)15-11/h1-10H/t1?,2?,3-,4-,5+,6+,7?,8?,9-,10-/m0/s1. The summed E-state index contributed by atoms with van der Waals surface area (Å²) in [4.78, 5) is 23.3. The second-order valence-corrected chi connectivity index (χ2v) is 6.41. The Morgan fingerprint density at radius 2 is 0.933 bits per heavy atom. The van der Waals surface area contributed by atoms with Crippen molar-refractivity contribution in [1.82, 2.24) is 0 Å². The van der Waals surface area contributed by atoms with Crippen molar-refractivity contribution >= 4 is 11.9 Å². The first-order chi connectivity index (χ1) is 7.30. The van der Waals surface area contributed by atoms with Crippen molar-refractivity contribution < 1.29 is 14.3 Å². The van der Waals surface area contributed by atoms with Crippen molar-refractivity contribution in [3.8, 4) is 0 Å². The first kappa shape index (κ1) is 6.66. The van der Waals surface area contributed by atoms with Crippen LogP contribution in [-0.2, 0) is 14.3 Å². The van der Waals surface area contributed by atoms with Gasteiger partial charge < -0.3 is 4.74 Å². The van der Waals surface area contributed by atoms with E-state index in [0.717, 1.165) is 35.5 Å². The molecule has 0 amide bonds. The molecular weight excluding hydrogens is 192 g/mol. The molecule has 3 heteroatoms. The van der Waals surface area contributed by atoms with E-state index in [2.05, 4.69) is 0 Å². The van der Waals surface area contributed by atoms with Crippen LogP contribution >= 0.6 is 0 Å². The smallest absolute Gasteiger partial charge is 0.317 e. The van der Waals surface area contributed by atoms with Gasteiger partial charge in [-0.1, -0.05) is 0 Å². The molecule has 15 heavy (non-hydrogen) atoms. The van der Waals surface area contributed by atoms with Crippen LogP contribution in [-0.4, -0.2) is 11.9 Å². The van der Waals surface area contributed by atoms with E-state index >= 15 is 0 Å². The van der Waals surface area contributed by atoms with Gasteiger partial charge >= 0.3 is 11.9 Å². The average Bonchev–Trinajstić information content (AvgIpc) is 2.42. The molecule has 0 aromatic carbocycles. The van der Waals surface area contributed by atoms with E-state index in [9.17, 15) is 9.59 Å². The monoisotopic (exact) mass is 202 g/mol. The summed E-state index contributed by atoms with van der Waals surface area (Å²) in [6.07, 6.45) is 0. The van der Waals surface area contributed by atoms with E-state index in [-0.39, 0.29) is 23.8 Å². The highest BCUT2D eigenvalue weighted by Crippen LogP contribution is 2.93. The van der Waals surface area contributed by atoms with Gasteiger partial charge in [0.25, 0.3) is 0 Å². The first-order valence-corrected chi connectivity index (χ1v) is 6.06. The molecule has 0 spiro atoms. The highest BCUT2D eigenvalue weighted by Gasteiger charge is 2.93. The largest absolute Gasteiger partial charge is 0.393 e. The van der Waals surface area contributed by atoms with Gasteiger partial charge in [0.1, 0.15) is 0 Å². The Hall–Kier alpha value is -0.860. The van der Waals surface area contributed by atoms with Gasteiger partial charge in [-0.05, 0) is 47.3 Å². The van der Waals surface area contributed by atoms with Crippen LogP contribution in [0.1, 0.15) is 0 Å². The Morgan fingerprint density at radius 1 is 0.600 bits per heavy atom. The van der Waals surface area contributed by atoms with Crippen LogP contribution in [0.25, 0.3) is 0 Å². The zero-order valence-corrected chi connectivity index (χ0v) is 8.00. The summed E-state index contributed by atoms with van der Waals surface area (Å²) in [5.41, 5.74) is 0. The summed E-state index contributed by atoms with van der Waals surface area (Å²) in [5.74, 6) is 5.99. The fraction of sp³-hybridized carbons (Fsp3) is 0.833. The molecule has 6 saturated carbocycles. The van der Waals surface area contributed by atoms with Crippen molar-refractivity contribution in [3.63, 3.8) is 0 Å². The Bertz CT molecular complexity index is 407. The van der Waals surface area contributed by atoms with E-state index in [1.807, 2.05) is 0 Å². The minimum atomic E-state index is -0.189. The predicted octanol–water partition coefficient (Wildman–Crippen LogP) is 0.300. The number of rotatable bonds is 0. The molecular formula is C12H10O3. The summed E-state index contributed by atoms with van der Waals surface area (Å²) in [5, 5.41) is 0. The van der Waals surface area contributed by atoms with Gasteiger partial charge in [-0.25, -0.2) is 0 Å². The molecule has 0 unspecified atom stereocenters. The molecule has 0 aromatic heterocycles. The third-order valence-electron chi connectivity index (χ3n) is 6.85. The highest BCUT2D eigenvalue weighted by atomic mass is 16.6. The summed E-state index contributed by atoms with van der Waals surface area (Å²) in [6.45, 7) is 0. The predicted molar refractivity (Wildman–Crippen MR) is 46.0 cm³/mol. The van der Waals surface area contributed by atoms with E-state index in [1.165, 1.54) is 0 Å². The lowest BCUT2D eigenvalue weighted by Crippen LogP contribution is -2.92. The van der Waals surface area contributed by atoms with Gasteiger partial charge in [0, 0.05) is 0 Å². The van der Waals surface area contributed by atoms with Gasteiger partial charge in [0.05, 0.1) is 11.8 Å². The molecule has 7 rings (SSSR count). The van der Waals surface area contributed by atoms with Crippen LogP contribution in [0.4, 0.5) is 0 Å². The highest BCUT2D eigenvalue weighted by molar-refractivity contribution is 5.98. The molecule has 6 aliphatic carbocycles. The summed E-state index contributed by atoms with van der Waals surface area (Å²) in [6, 6.07) is 0. The normalized spacial score (nSPS) is 78.1. The summed E-state index contributed by atoms with van der Waals surface area (Å²) >= 11 is 0. The van der Waals surface area contributed by atoms with Gasteiger partial charge in [0.2, 0.25) is 0 Å². The number of cyclic esters (lactones) is 2. The van der Waals surface area contributed by atoms with Gasteiger partial charge in [-0.2, -0.15) is 0 Å². The minimum Gasteiger partial charge on any atom is -0.393 e. The maximum atomic E-state index is 11.7. The van der Waals surface area contributed by atoms with Crippen LogP contribution in [0.15, 0.2) is 0 Å². The lowest BCUT2D eigenvalue weighted by atomic mass is 9.09. The Balaban J connectivity index is 1.60. The van der Waals surface area contributed by atoms with Crippen LogP contribution in [0.3, 0.4) is 0 Å². The summed E-state index contributed by atoms with van der Waals surface area (Å²) in [7, 11) is 0. The SMILES string of the molecule is O=C1OC(=O)[C@H]2C3[C@@H]4C5C6[C@@H]4C([C@@H]6[C@@H]53)[C@H]12. The van der Waals surface area contributed by atoms with E-state index in [1.54, 1.807) is 0 Å². The molecule has 6 atom stereocenters.